The Morgan fingerprint density at radius 3 is 2.25 bits per heavy atom. The molecule has 3 rings (SSSR count). The van der Waals surface area contributed by atoms with E-state index in [-0.39, 0.29) is 0 Å². The van der Waals surface area contributed by atoms with E-state index in [0.29, 0.717) is 0 Å². The van der Waals surface area contributed by atoms with Crippen molar-refractivity contribution < 1.29 is 0 Å². The van der Waals surface area contributed by atoms with Crippen molar-refractivity contribution in [3.63, 3.8) is 0 Å². The smallest absolute Gasteiger partial charge is 0.109 e. The molecule has 0 aromatic heterocycles. The highest BCUT2D eigenvalue weighted by Gasteiger charge is 2.14. The second-order valence-electron chi connectivity index (χ2n) is 4.88. The van der Waals surface area contributed by atoms with Gasteiger partial charge in [0.1, 0.15) is 5.84 Å². The Morgan fingerprint density at radius 1 is 0.900 bits per heavy atom. The van der Waals surface area contributed by atoms with Crippen molar-refractivity contribution in [1.29, 1.82) is 0 Å². The van der Waals surface area contributed by atoms with Gasteiger partial charge in [0.25, 0.3) is 0 Å². The highest BCUT2D eigenvalue weighted by molar-refractivity contribution is 5.98. The molecular weight excluding hydrogens is 244 g/mol. The number of nitrogens with zero attached hydrogens (tertiary/aromatic N) is 2. The van der Waals surface area contributed by atoms with Gasteiger partial charge < -0.3 is 4.90 Å². The summed E-state index contributed by atoms with van der Waals surface area (Å²) < 4.78 is 0. The third-order valence-electron chi connectivity index (χ3n) is 3.43. The number of rotatable bonds is 3. The molecule has 0 spiro atoms. The van der Waals surface area contributed by atoms with Gasteiger partial charge in [-0.2, -0.15) is 0 Å². The molecule has 20 heavy (non-hydrogen) atoms. The minimum Gasteiger partial charge on any atom is -0.325 e. The summed E-state index contributed by atoms with van der Waals surface area (Å²) in [6, 6.07) is 21.0. The van der Waals surface area contributed by atoms with Crippen molar-refractivity contribution in [2.75, 3.05) is 4.90 Å². The van der Waals surface area contributed by atoms with Gasteiger partial charge in [-0.15, -0.1) is 0 Å². The molecule has 0 radical (unpaired) electrons. The predicted octanol–water partition coefficient (Wildman–Crippen LogP) is 4.40. The molecule has 2 heteroatoms. The van der Waals surface area contributed by atoms with E-state index in [9.17, 15) is 0 Å². The van der Waals surface area contributed by atoms with Crippen molar-refractivity contribution in [3.8, 4) is 0 Å². The topological polar surface area (TPSA) is 15.6 Å². The summed E-state index contributed by atoms with van der Waals surface area (Å²) in [5, 5.41) is 0. The molecule has 0 bridgehead atoms. The number of aliphatic imine (C=N–C) groups is 1. The van der Waals surface area contributed by atoms with Gasteiger partial charge in [0.05, 0.1) is 0 Å². The average molecular weight is 262 g/mol. The van der Waals surface area contributed by atoms with Crippen LogP contribution in [0.25, 0.3) is 0 Å². The third kappa shape index (κ3) is 2.97. The number of allylic oxidation sites excluding steroid dienone is 1. The standard InChI is InChI=1S/C18H18N2/c1-3-9-16(10-4-1)15-20(17-11-5-2-6-12-17)18-13-7-8-14-19-18/h1-6,8-12,14H,7,13,15H2. The second kappa shape index (κ2) is 6.20. The Morgan fingerprint density at radius 2 is 1.60 bits per heavy atom. The first kappa shape index (κ1) is 12.7. The van der Waals surface area contributed by atoms with Crippen LogP contribution >= 0.6 is 0 Å². The number of benzene rings is 2. The lowest BCUT2D eigenvalue weighted by atomic mass is 10.1. The largest absolute Gasteiger partial charge is 0.325 e. The number of amidine groups is 1. The first-order valence-corrected chi connectivity index (χ1v) is 7.02. The lowest BCUT2D eigenvalue weighted by Gasteiger charge is -2.27. The maximum atomic E-state index is 4.56. The predicted molar refractivity (Wildman–Crippen MR) is 84.9 cm³/mol. The minimum atomic E-state index is 0.859. The molecule has 1 aliphatic rings. The minimum absolute atomic E-state index is 0.859. The summed E-state index contributed by atoms with van der Waals surface area (Å²) >= 11 is 0. The van der Waals surface area contributed by atoms with Crippen LogP contribution in [0, 0.1) is 0 Å². The quantitative estimate of drug-likeness (QED) is 0.800. The van der Waals surface area contributed by atoms with Crippen molar-refractivity contribution >= 4 is 11.5 Å². The molecule has 0 amide bonds. The first-order valence-electron chi connectivity index (χ1n) is 7.02. The summed E-state index contributed by atoms with van der Waals surface area (Å²) in [6.45, 7) is 0.859. The van der Waals surface area contributed by atoms with Gasteiger partial charge in [-0.3, -0.25) is 0 Å². The fourth-order valence-electron chi connectivity index (χ4n) is 2.40. The van der Waals surface area contributed by atoms with E-state index in [1.807, 2.05) is 12.3 Å². The average Bonchev–Trinajstić information content (AvgIpc) is 2.55. The fourth-order valence-corrected chi connectivity index (χ4v) is 2.40. The molecule has 0 aliphatic carbocycles. The maximum absolute atomic E-state index is 4.56. The lowest BCUT2D eigenvalue weighted by molar-refractivity contribution is 0.936. The van der Waals surface area contributed by atoms with E-state index < -0.39 is 0 Å². The summed E-state index contributed by atoms with van der Waals surface area (Å²) in [7, 11) is 0. The summed E-state index contributed by atoms with van der Waals surface area (Å²) in [5.74, 6) is 1.14. The van der Waals surface area contributed by atoms with Gasteiger partial charge in [-0.05, 0) is 24.1 Å². The molecule has 0 atom stereocenters. The van der Waals surface area contributed by atoms with Crippen LogP contribution in [0.1, 0.15) is 18.4 Å². The van der Waals surface area contributed by atoms with Crippen molar-refractivity contribution in [2.24, 2.45) is 4.99 Å². The summed E-state index contributed by atoms with van der Waals surface area (Å²) in [5.41, 5.74) is 2.50. The van der Waals surface area contributed by atoms with Gasteiger partial charge >= 0.3 is 0 Å². The zero-order valence-electron chi connectivity index (χ0n) is 11.4. The first-order chi connectivity index (χ1) is 9.93. The molecule has 1 heterocycles. The lowest BCUT2D eigenvalue weighted by Crippen LogP contribution is -2.30. The molecule has 2 nitrogen and oxygen atoms in total. The number of para-hydroxylation sites is 1. The Labute approximate surface area is 120 Å². The molecule has 1 aliphatic heterocycles. The molecule has 0 saturated heterocycles. The molecule has 100 valence electrons. The molecule has 0 N–H and O–H groups in total. The van der Waals surface area contributed by atoms with E-state index in [1.165, 1.54) is 11.3 Å². The summed E-state index contributed by atoms with van der Waals surface area (Å²) in [6.07, 6.45) is 6.10. The van der Waals surface area contributed by atoms with Crippen LogP contribution in [0.2, 0.25) is 0 Å². The van der Waals surface area contributed by atoms with Crippen LogP contribution in [0.15, 0.2) is 77.9 Å². The van der Waals surface area contributed by atoms with Gasteiger partial charge in [0.15, 0.2) is 0 Å². The van der Waals surface area contributed by atoms with Gasteiger partial charge in [-0.1, -0.05) is 54.6 Å². The monoisotopic (exact) mass is 262 g/mol. The Kier molecular flexibility index (Phi) is 3.93. The van der Waals surface area contributed by atoms with Crippen molar-refractivity contribution in [1.82, 2.24) is 0 Å². The molecule has 0 saturated carbocycles. The van der Waals surface area contributed by atoms with Gasteiger partial charge in [0.2, 0.25) is 0 Å². The maximum Gasteiger partial charge on any atom is 0.109 e. The molecule has 2 aromatic carbocycles. The van der Waals surface area contributed by atoms with Gasteiger partial charge in [-0.25, -0.2) is 4.99 Å². The van der Waals surface area contributed by atoms with Gasteiger partial charge in [0, 0.05) is 24.9 Å². The van der Waals surface area contributed by atoms with E-state index in [2.05, 4.69) is 70.6 Å². The normalized spacial score (nSPS) is 13.9. The van der Waals surface area contributed by atoms with Crippen LogP contribution in [0.5, 0.6) is 0 Å². The van der Waals surface area contributed by atoms with E-state index in [1.54, 1.807) is 0 Å². The van der Waals surface area contributed by atoms with Crippen LogP contribution in [-0.4, -0.2) is 5.84 Å². The van der Waals surface area contributed by atoms with Crippen LogP contribution in [0.3, 0.4) is 0 Å². The Balaban J connectivity index is 1.91. The van der Waals surface area contributed by atoms with E-state index in [4.69, 9.17) is 0 Å². The van der Waals surface area contributed by atoms with E-state index >= 15 is 0 Å². The Bertz CT molecular complexity index is 600. The zero-order valence-corrected chi connectivity index (χ0v) is 11.4. The molecule has 2 aromatic rings. The highest BCUT2D eigenvalue weighted by atomic mass is 15.2. The molecule has 0 fully saturated rings. The van der Waals surface area contributed by atoms with E-state index in [0.717, 1.165) is 25.2 Å². The second-order valence-corrected chi connectivity index (χ2v) is 4.88. The molecular formula is C18H18N2. The number of hydrogen-bond donors (Lipinski definition) is 0. The SMILES string of the molecule is C1=CN=C(N(Cc2ccccc2)c2ccccc2)CC1. The van der Waals surface area contributed by atoms with Crippen molar-refractivity contribution in [3.05, 3.63) is 78.5 Å². The molecule has 0 unspecified atom stereocenters. The Hall–Kier alpha value is -2.35. The fraction of sp³-hybridized carbons (Fsp3) is 0.167. The number of anilines is 1. The van der Waals surface area contributed by atoms with Crippen molar-refractivity contribution in [2.45, 2.75) is 19.4 Å². The van der Waals surface area contributed by atoms with Crippen LogP contribution < -0.4 is 4.90 Å². The number of hydrogen-bond acceptors (Lipinski definition) is 2. The zero-order chi connectivity index (χ0) is 13.6. The van der Waals surface area contributed by atoms with Crippen LogP contribution in [0.4, 0.5) is 5.69 Å². The van der Waals surface area contributed by atoms with Crippen LogP contribution in [-0.2, 0) is 6.54 Å². The highest BCUT2D eigenvalue weighted by Crippen LogP contribution is 2.20. The third-order valence-corrected chi connectivity index (χ3v) is 3.43. The summed E-state index contributed by atoms with van der Waals surface area (Å²) in [4.78, 5) is 6.87.